The number of hydrogen-bond acceptors (Lipinski definition) is 7. The van der Waals surface area contributed by atoms with E-state index < -0.39 is 44.4 Å². The maximum atomic E-state index is 12.7. The Morgan fingerprint density at radius 1 is 1.16 bits per heavy atom. The first-order valence-corrected chi connectivity index (χ1v) is 13.6. The van der Waals surface area contributed by atoms with Gasteiger partial charge in [0.1, 0.15) is 0 Å². The molecule has 0 aromatic heterocycles. The van der Waals surface area contributed by atoms with Gasteiger partial charge >= 0.3 is 5.97 Å². The van der Waals surface area contributed by atoms with Crippen LogP contribution in [0, 0.1) is 0 Å². The largest absolute Gasteiger partial charge is 0.452 e. The van der Waals surface area contributed by atoms with Crippen LogP contribution in [0.3, 0.4) is 0 Å². The highest BCUT2D eigenvalue weighted by atomic mass is 35.5. The van der Waals surface area contributed by atoms with Crippen LogP contribution in [0.4, 0.5) is 0 Å². The summed E-state index contributed by atoms with van der Waals surface area (Å²) in [6.07, 6.45) is 0.340. The van der Waals surface area contributed by atoms with Gasteiger partial charge in [-0.1, -0.05) is 25.4 Å². The second kappa shape index (κ2) is 10.3. The van der Waals surface area contributed by atoms with Crippen LogP contribution in [-0.2, 0) is 29.4 Å². The van der Waals surface area contributed by atoms with Crippen LogP contribution in [0.15, 0.2) is 23.1 Å². The Morgan fingerprint density at radius 3 is 2.32 bits per heavy atom. The Kier molecular flexibility index (Phi) is 8.48. The maximum Gasteiger partial charge on any atom is 0.340 e. The van der Waals surface area contributed by atoms with Crippen LogP contribution >= 0.6 is 11.6 Å². The molecule has 12 heteroatoms. The van der Waals surface area contributed by atoms with Crippen molar-refractivity contribution in [2.75, 3.05) is 37.7 Å². The SMILES string of the molecule is CCN(C(=O)COC(=O)c1cc(S(=O)(=O)N(CC)CC)ccc1Cl)C1CCS(=O)(=O)C1. The number of amides is 1. The summed E-state index contributed by atoms with van der Waals surface area (Å²) < 4.78 is 55.1. The monoisotopic (exact) mass is 494 g/mol. The van der Waals surface area contributed by atoms with Crippen molar-refractivity contribution in [2.45, 2.75) is 38.1 Å². The number of sulfonamides is 1. The number of likely N-dealkylation sites (N-methyl/N-ethyl adjacent to an activating group) is 1. The van der Waals surface area contributed by atoms with Crippen molar-refractivity contribution in [1.82, 2.24) is 9.21 Å². The summed E-state index contributed by atoms with van der Waals surface area (Å²) in [4.78, 5) is 26.3. The number of nitrogens with zero attached hydrogens (tertiary/aromatic N) is 2. The number of ether oxygens (including phenoxy) is 1. The Hall–Kier alpha value is -1.69. The highest BCUT2D eigenvalue weighted by Crippen LogP contribution is 2.24. The summed E-state index contributed by atoms with van der Waals surface area (Å²) in [5.74, 6) is -1.56. The van der Waals surface area contributed by atoms with Crippen LogP contribution in [-0.4, -0.2) is 81.7 Å². The molecule has 1 aromatic carbocycles. The minimum atomic E-state index is -3.81. The van der Waals surface area contributed by atoms with Gasteiger partial charge in [-0.05, 0) is 31.5 Å². The highest BCUT2D eigenvalue weighted by molar-refractivity contribution is 7.91. The van der Waals surface area contributed by atoms with E-state index in [1.807, 2.05) is 0 Å². The van der Waals surface area contributed by atoms with E-state index in [0.29, 0.717) is 6.42 Å². The normalized spacial score (nSPS) is 18.2. The lowest BCUT2D eigenvalue weighted by atomic mass is 10.2. The van der Waals surface area contributed by atoms with Crippen molar-refractivity contribution < 1.29 is 31.2 Å². The molecule has 31 heavy (non-hydrogen) atoms. The summed E-state index contributed by atoms with van der Waals surface area (Å²) in [5.41, 5.74) is -0.172. The number of sulfone groups is 1. The summed E-state index contributed by atoms with van der Waals surface area (Å²) in [5, 5.41) is -0.00909. The Morgan fingerprint density at radius 2 is 1.81 bits per heavy atom. The Balaban J connectivity index is 2.14. The average Bonchev–Trinajstić information content (AvgIpc) is 3.06. The van der Waals surface area contributed by atoms with Crippen LogP contribution in [0.1, 0.15) is 37.6 Å². The van der Waals surface area contributed by atoms with Crippen molar-refractivity contribution in [2.24, 2.45) is 0 Å². The first kappa shape index (κ1) is 25.6. The lowest BCUT2D eigenvalue weighted by Crippen LogP contribution is -2.43. The van der Waals surface area contributed by atoms with Gasteiger partial charge in [0.2, 0.25) is 10.0 Å². The third-order valence-corrected chi connectivity index (χ3v) is 9.26. The zero-order valence-corrected chi connectivity index (χ0v) is 20.1. The Labute approximate surface area is 188 Å². The number of rotatable bonds is 9. The molecule has 174 valence electrons. The number of carbonyl (C=O) groups excluding carboxylic acids is 2. The van der Waals surface area contributed by atoms with Gasteiger partial charge in [-0.15, -0.1) is 0 Å². The van der Waals surface area contributed by atoms with Gasteiger partial charge in [0.15, 0.2) is 16.4 Å². The minimum Gasteiger partial charge on any atom is -0.452 e. The van der Waals surface area contributed by atoms with Crippen molar-refractivity contribution in [3.63, 3.8) is 0 Å². The second-order valence-corrected chi connectivity index (χ2v) is 11.6. The second-order valence-electron chi connectivity index (χ2n) is 7.04. The van der Waals surface area contributed by atoms with Crippen LogP contribution < -0.4 is 0 Å². The number of benzene rings is 1. The van der Waals surface area contributed by atoms with Crippen LogP contribution in [0.2, 0.25) is 5.02 Å². The first-order valence-electron chi connectivity index (χ1n) is 9.93. The third-order valence-electron chi connectivity index (χ3n) is 5.14. The lowest BCUT2D eigenvalue weighted by Gasteiger charge is -2.26. The molecule has 1 aliphatic heterocycles. The van der Waals surface area contributed by atoms with E-state index in [2.05, 4.69) is 0 Å². The van der Waals surface area contributed by atoms with Crippen molar-refractivity contribution in [3.8, 4) is 0 Å². The van der Waals surface area contributed by atoms with Gasteiger partial charge in [0.05, 0.1) is 27.0 Å². The van der Waals surface area contributed by atoms with Gasteiger partial charge in [-0.3, -0.25) is 4.79 Å². The molecule has 9 nitrogen and oxygen atoms in total. The van der Waals surface area contributed by atoms with Gasteiger partial charge in [-0.25, -0.2) is 21.6 Å². The number of carbonyl (C=O) groups is 2. The summed E-state index contributed by atoms with van der Waals surface area (Å²) in [7, 11) is -6.98. The van der Waals surface area contributed by atoms with E-state index in [4.69, 9.17) is 16.3 Å². The quantitative estimate of drug-likeness (QED) is 0.478. The number of halogens is 1. The summed E-state index contributed by atoms with van der Waals surface area (Å²) >= 11 is 6.06. The molecule has 0 saturated carbocycles. The molecule has 1 atom stereocenters. The molecular formula is C19H27ClN2O7S2. The van der Waals surface area contributed by atoms with Gasteiger partial charge < -0.3 is 9.64 Å². The molecular weight excluding hydrogens is 468 g/mol. The molecule has 2 rings (SSSR count). The van der Waals surface area contributed by atoms with E-state index in [0.717, 1.165) is 6.07 Å². The van der Waals surface area contributed by atoms with E-state index >= 15 is 0 Å². The topological polar surface area (TPSA) is 118 Å². The van der Waals surface area contributed by atoms with E-state index in [1.165, 1.54) is 21.3 Å². The van der Waals surface area contributed by atoms with E-state index in [9.17, 15) is 26.4 Å². The molecule has 0 spiro atoms. The molecule has 1 unspecified atom stereocenters. The van der Waals surface area contributed by atoms with Gasteiger partial charge in [0.25, 0.3) is 5.91 Å². The molecule has 0 N–H and O–H groups in total. The standard InChI is InChI=1S/C19H27ClN2O7S2/c1-4-21(5-2)31(27,28)15-7-8-17(20)16(11-15)19(24)29-12-18(23)22(6-3)14-9-10-30(25,26)13-14/h7-8,11,14H,4-6,9-10,12-13H2,1-3H3. The third kappa shape index (κ3) is 5.97. The van der Waals surface area contributed by atoms with Gasteiger partial charge in [0, 0.05) is 25.7 Å². The van der Waals surface area contributed by atoms with Crippen molar-refractivity contribution in [3.05, 3.63) is 28.8 Å². The molecule has 1 aromatic rings. The molecule has 0 bridgehead atoms. The lowest BCUT2D eigenvalue weighted by molar-refractivity contribution is -0.136. The molecule has 1 fully saturated rings. The maximum absolute atomic E-state index is 12.7. The molecule has 1 heterocycles. The fourth-order valence-electron chi connectivity index (χ4n) is 3.48. The molecule has 1 saturated heterocycles. The fourth-order valence-corrected chi connectivity index (χ4v) is 6.89. The van der Waals surface area contributed by atoms with Crippen molar-refractivity contribution in [1.29, 1.82) is 0 Å². The zero-order chi connectivity index (χ0) is 23.4. The highest BCUT2D eigenvalue weighted by Gasteiger charge is 2.34. The van der Waals surface area contributed by atoms with Crippen LogP contribution in [0.5, 0.6) is 0 Å². The van der Waals surface area contributed by atoms with Crippen molar-refractivity contribution >= 4 is 43.3 Å². The molecule has 0 radical (unpaired) electrons. The predicted octanol–water partition coefficient (Wildman–Crippen LogP) is 1.56. The predicted molar refractivity (Wildman–Crippen MR) is 116 cm³/mol. The van der Waals surface area contributed by atoms with E-state index in [1.54, 1.807) is 20.8 Å². The summed E-state index contributed by atoms with van der Waals surface area (Å²) in [6.45, 7) is 5.31. The Bertz CT molecular complexity index is 1040. The van der Waals surface area contributed by atoms with Gasteiger partial charge in [-0.2, -0.15) is 4.31 Å². The molecule has 1 amide bonds. The van der Waals surface area contributed by atoms with E-state index in [-0.39, 0.29) is 46.6 Å². The van der Waals surface area contributed by atoms with Crippen LogP contribution in [0.25, 0.3) is 0 Å². The molecule has 0 aliphatic carbocycles. The molecule has 1 aliphatic rings. The summed E-state index contributed by atoms with van der Waals surface area (Å²) in [6, 6.07) is 3.27. The average molecular weight is 495 g/mol. The smallest absolute Gasteiger partial charge is 0.340 e. The zero-order valence-electron chi connectivity index (χ0n) is 17.7. The number of hydrogen-bond donors (Lipinski definition) is 0. The fraction of sp³-hybridized carbons (Fsp3) is 0.579. The first-order chi connectivity index (χ1) is 14.5. The number of esters is 1. The minimum absolute atomic E-state index is 0.00909.